The maximum atomic E-state index is 16.7. The summed E-state index contributed by atoms with van der Waals surface area (Å²) in [4.78, 5) is 38.7. The second-order valence-corrected chi connectivity index (χ2v) is 11.4. The van der Waals surface area contributed by atoms with Crippen LogP contribution in [0.4, 0.5) is 19.0 Å². The number of ether oxygens (including phenoxy) is 1. The molecule has 0 bridgehead atoms. The predicted molar refractivity (Wildman–Crippen MR) is 159 cm³/mol. The van der Waals surface area contributed by atoms with E-state index in [4.69, 9.17) is 16.3 Å². The average molecular weight is 626 g/mol. The normalized spacial score (nSPS) is 16.1. The lowest BCUT2D eigenvalue weighted by Gasteiger charge is -2.40. The summed E-state index contributed by atoms with van der Waals surface area (Å²) >= 11 is 6.94. The summed E-state index contributed by atoms with van der Waals surface area (Å²) in [5.41, 5.74) is -0.924. The summed E-state index contributed by atoms with van der Waals surface area (Å²) < 4.78 is 53.7. The Morgan fingerprint density at radius 2 is 1.93 bits per heavy atom. The minimum Gasteiger partial charge on any atom is -0.507 e. The molecule has 1 amide bonds. The minimum atomic E-state index is -1.54. The van der Waals surface area contributed by atoms with Crippen LogP contribution in [0.2, 0.25) is 5.02 Å². The van der Waals surface area contributed by atoms with E-state index in [-0.39, 0.29) is 54.8 Å². The number of rotatable bonds is 4. The van der Waals surface area contributed by atoms with Gasteiger partial charge in [0.05, 0.1) is 38.9 Å². The number of aromatic hydroxyl groups is 1. The number of amides is 1. The van der Waals surface area contributed by atoms with Crippen LogP contribution in [0.15, 0.2) is 41.8 Å². The maximum absolute atomic E-state index is 16.7. The Morgan fingerprint density at radius 3 is 2.64 bits per heavy atom. The van der Waals surface area contributed by atoms with Crippen molar-refractivity contribution in [2.45, 2.75) is 32.7 Å². The number of anilines is 1. The Bertz CT molecular complexity index is 1950. The second-order valence-electron chi connectivity index (χ2n) is 11.0. The van der Waals surface area contributed by atoms with Gasteiger partial charge in [-0.1, -0.05) is 32.0 Å². The number of carbonyl (C=O) groups excluding carboxylic acids is 1. The molecule has 1 saturated heterocycles. The Labute approximate surface area is 254 Å². The molecular formula is C31H27ClF3N5O4. The summed E-state index contributed by atoms with van der Waals surface area (Å²) in [6, 6.07) is 2.71. The first-order chi connectivity index (χ1) is 21.0. The van der Waals surface area contributed by atoms with Gasteiger partial charge >= 0.3 is 5.69 Å². The van der Waals surface area contributed by atoms with E-state index < -0.39 is 56.8 Å². The van der Waals surface area contributed by atoms with E-state index in [1.807, 2.05) is 13.8 Å². The number of aryl methyl sites for hydroxylation is 1. The Kier molecular flexibility index (Phi) is 7.27. The number of nitrogens with zero attached hydrogens (tertiary/aromatic N) is 5. The molecule has 1 fully saturated rings. The molecule has 1 N–H and O–H groups in total. The second kappa shape index (κ2) is 10.8. The van der Waals surface area contributed by atoms with Gasteiger partial charge in [0.1, 0.15) is 18.2 Å². The number of pyridine rings is 1. The van der Waals surface area contributed by atoms with Crippen LogP contribution in [0.1, 0.15) is 31.0 Å². The largest absolute Gasteiger partial charge is 0.507 e. The first-order valence-electron chi connectivity index (χ1n) is 13.9. The van der Waals surface area contributed by atoms with Crippen molar-refractivity contribution >= 4 is 34.2 Å². The molecule has 1 atom stereocenters. The highest BCUT2D eigenvalue weighted by Crippen LogP contribution is 2.50. The van der Waals surface area contributed by atoms with Crippen molar-refractivity contribution in [2.24, 2.45) is 0 Å². The molecule has 13 heteroatoms. The number of aromatic nitrogens is 3. The van der Waals surface area contributed by atoms with Gasteiger partial charge in [-0.05, 0) is 42.7 Å². The van der Waals surface area contributed by atoms with Crippen LogP contribution in [0.5, 0.6) is 11.5 Å². The van der Waals surface area contributed by atoms with Crippen LogP contribution in [0, 0.1) is 24.4 Å². The lowest BCUT2D eigenvalue weighted by atomic mass is 9.98. The molecule has 0 radical (unpaired) electrons. The Hall–Kier alpha value is -4.58. The van der Waals surface area contributed by atoms with Crippen molar-refractivity contribution in [3.8, 4) is 28.3 Å². The Balaban J connectivity index is 1.77. The highest BCUT2D eigenvalue weighted by molar-refractivity contribution is 6.39. The highest BCUT2D eigenvalue weighted by Gasteiger charge is 2.39. The predicted octanol–water partition coefficient (Wildman–Crippen LogP) is 5.25. The van der Waals surface area contributed by atoms with Crippen molar-refractivity contribution < 1.29 is 27.8 Å². The fourth-order valence-electron chi connectivity index (χ4n) is 5.98. The molecule has 2 aromatic carbocycles. The van der Waals surface area contributed by atoms with Gasteiger partial charge in [-0.15, -0.1) is 0 Å². The van der Waals surface area contributed by atoms with E-state index >= 15 is 8.78 Å². The number of carbonyl (C=O) groups is 1. The van der Waals surface area contributed by atoms with Crippen molar-refractivity contribution in [1.29, 1.82) is 0 Å². The van der Waals surface area contributed by atoms with Gasteiger partial charge in [-0.25, -0.2) is 18.0 Å². The fourth-order valence-corrected chi connectivity index (χ4v) is 6.34. The van der Waals surface area contributed by atoms with Crippen LogP contribution in [0.3, 0.4) is 0 Å². The molecule has 2 aliphatic rings. The average Bonchev–Trinajstić information content (AvgIpc) is 3.15. The topological polar surface area (TPSA) is 101 Å². The van der Waals surface area contributed by atoms with E-state index in [0.717, 1.165) is 6.07 Å². The zero-order valence-electron chi connectivity index (χ0n) is 24.0. The highest BCUT2D eigenvalue weighted by atomic mass is 35.5. The maximum Gasteiger partial charge on any atom is 0.354 e. The van der Waals surface area contributed by atoms with Crippen LogP contribution < -0.4 is 15.3 Å². The van der Waals surface area contributed by atoms with Gasteiger partial charge in [-0.2, -0.15) is 4.98 Å². The number of phenolic OH excluding ortho intramolecular Hbond substituents is 1. The zero-order valence-corrected chi connectivity index (χ0v) is 24.8. The Morgan fingerprint density at radius 1 is 1.18 bits per heavy atom. The molecule has 4 heterocycles. The quantitative estimate of drug-likeness (QED) is 0.309. The van der Waals surface area contributed by atoms with E-state index in [0.29, 0.717) is 23.0 Å². The lowest BCUT2D eigenvalue weighted by Crippen LogP contribution is -2.56. The van der Waals surface area contributed by atoms with Gasteiger partial charge in [0, 0.05) is 31.4 Å². The number of halogens is 4. The van der Waals surface area contributed by atoms with Gasteiger partial charge in [-0.3, -0.25) is 14.3 Å². The SMILES string of the molecule is C=CC(=O)N1CCN2c3nc(=O)n(-c4c(C)ccnc4C(C)C)c4c(Cl)c(-c5c(O)ccc(F)c5F)c(F)c(c34)OCC2C1. The summed E-state index contributed by atoms with van der Waals surface area (Å²) in [6.07, 6.45) is 2.78. The minimum absolute atomic E-state index is 0.0242. The molecule has 6 rings (SSSR count). The van der Waals surface area contributed by atoms with Crippen molar-refractivity contribution in [3.05, 3.63) is 81.3 Å². The molecule has 0 spiro atoms. The number of piperazine rings is 1. The van der Waals surface area contributed by atoms with Crippen LogP contribution >= 0.6 is 11.6 Å². The smallest absolute Gasteiger partial charge is 0.354 e. The number of benzene rings is 2. The van der Waals surface area contributed by atoms with E-state index in [1.165, 1.54) is 10.6 Å². The van der Waals surface area contributed by atoms with Gasteiger partial charge in [0.2, 0.25) is 5.91 Å². The van der Waals surface area contributed by atoms with E-state index in [9.17, 15) is 19.1 Å². The number of hydrogen-bond donors (Lipinski definition) is 1. The lowest BCUT2D eigenvalue weighted by molar-refractivity contribution is -0.126. The van der Waals surface area contributed by atoms with Crippen LogP contribution in [-0.4, -0.2) is 62.7 Å². The van der Waals surface area contributed by atoms with Crippen molar-refractivity contribution in [1.82, 2.24) is 19.4 Å². The molecule has 228 valence electrons. The third-order valence-electron chi connectivity index (χ3n) is 8.06. The summed E-state index contributed by atoms with van der Waals surface area (Å²) in [6.45, 7) is 9.55. The molecule has 1 unspecified atom stereocenters. The van der Waals surface area contributed by atoms with E-state index in [1.54, 1.807) is 29.0 Å². The summed E-state index contributed by atoms with van der Waals surface area (Å²) in [7, 11) is 0. The van der Waals surface area contributed by atoms with Crippen molar-refractivity contribution in [3.63, 3.8) is 0 Å². The standard InChI is InChI=1S/C31H27ClF3N5O4/c1-5-19(42)38-10-11-39-16(12-38)13-44-29-22-28(23(32)21(25(29)35)20-18(41)7-6-17(33)24(20)34)40(31(43)37-30(22)39)27-15(4)8-9-36-26(27)14(2)3/h5-9,14,16,41H,1,10-13H2,2-4H3. The number of phenols is 1. The first-order valence-corrected chi connectivity index (χ1v) is 14.3. The molecule has 9 nitrogen and oxygen atoms in total. The number of fused-ring (bicyclic) bond motifs is 2. The molecule has 2 aliphatic heterocycles. The van der Waals surface area contributed by atoms with E-state index in [2.05, 4.69) is 16.5 Å². The summed E-state index contributed by atoms with van der Waals surface area (Å²) in [5.74, 6) is -5.67. The molecule has 0 saturated carbocycles. The molecule has 2 aromatic heterocycles. The van der Waals surface area contributed by atoms with Crippen molar-refractivity contribution in [2.75, 3.05) is 31.1 Å². The van der Waals surface area contributed by atoms with Crippen LogP contribution in [0.25, 0.3) is 27.7 Å². The summed E-state index contributed by atoms with van der Waals surface area (Å²) in [5, 5.41) is 10.2. The molecular weight excluding hydrogens is 599 g/mol. The molecule has 0 aliphatic carbocycles. The van der Waals surface area contributed by atoms with Crippen LogP contribution in [-0.2, 0) is 4.79 Å². The molecule has 44 heavy (non-hydrogen) atoms. The fraction of sp³-hybridized carbons (Fsp3) is 0.290. The van der Waals surface area contributed by atoms with Gasteiger partial charge in [0.25, 0.3) is 0 Å². The molecule has 4 aromatic rings. The monoisotopic (exact) mass is 625 g/mol. The zero-order chi connectivity index (χ0) is 31.6. The third kappa shape index (κ3) is 4.38. The number of hydrogen-bond acceptors (Lipinski definition) is 7. The third-order valence-corrected chi connectivity index (χ3v) is 8.43. The van der Waals surface area contributed by atoms with Gasteiger partial charge in [0.15, 0.2) is 23.2 Å². The first kappa shape index (κ1) is 29.5. The van der Waals surface area contributed by atoms with Gasteiger partial charge < -0.3 is 19.6 Å².